The first kappa shape index (κ1) is 19.0. The van der Waals surface area contributed by atoms with Gasteiger partial charge in [0.15, 0.2) is 5.16 Å². The SMILES string of the molecule is C=CCn1c(SCC(=O)NCc2ccccc2)nc2c([nH]c3ccccc32)c1=O. The molecule has 2 aromatic carbocycles. The molecular weight excluding hydrogens is 384 g/mol. The van der Waals surface area contributed by atoms with Gasteiger partial charge in [-0.05, 0) is 11.6 Å². The summed E-state index contributed by atoms with van der Waals surface area (Å²) in [7, 11) is 0. The van der Waals surface area contributed by atoms with Gasteiger partial charge in [0.1, 0.15) is 11.0 Å². The maximum atomic E-state index is 13.0. The van der Waals surface area contributed by atoms with Crippen molar-refractivity contribution >= 4 is 39.6 Å². The van der Waals surface area contributed by atoms with Crippen LogP contribution in [0, 0.1) is 0 Å². The minimum absolute atomic E-state index is 0.114. The Morgan fingerprint density at radius 1 is 1.17 bits per heavy atom. The molecule has 0 aliphatic heterocycles. The Bertz CT molecular complexity index is 1240. The average molecular weight is 404 g/mol. The molecule has 4 rings (SSSR count). The highest BCUT2D eigenvalue weighted by molar-refractivity contribution is 7.99. The van der Waals surface area contributed by atoms with Crippen molar-refractivity contribution in [3.8, 4) is 0 Å². The van der Waals surface area contributed by atoms with E-state index in [0.717, 1.165) is 16.5 Å². The minimum atomic E-state index is -0.168. The predicted octanol–water partition coefficient (Wildman–Crippen LogP) is 3.47. The lowest BCUT2D eigenvalue weighted by Gasteiger charge is -2.10. The molecule has 6 nitrogen and oxygen atoms in total. The van der Waals surface area contributed by atoms with E-state index in [-0.39, 0.29) is 17.2 Å². The summed E-state index contributed by atoms with van der Waals surface area (Å²) in [6, 6.07) is 17.4. The van der Waals surface area contributed by atoms with Crippen molar-refractivity contribution in [3.63, 3.8) is 0 Å². The number of carbonyl (C=O) groups is 1. The van der Waals surface area contributed by atoms with Gasteiger partial charge >= 0.3 is 0 Å². The van der Waals surface area contributed by atoms with Crippen LogP contribution in [0.5, 0.6) is 0 Å². The normalized spacial score (nSPS) is 11.0. The molecule has 1 amide bonds. The quantitative estimate of drug-likeness (QED) is 0.281. The summed E-state index contributed by atoms with van der Waals surface area (Å²) in [6.07, 6.45) is 1.65. The van der Waals surface area contributed by atoms with Crippen molar-refractivity contribution in [2.45, 2.75) is 18.2 Å². The number of nitrogens with one attached hydrogen (secondary N) is 2. The molecule has 0 saturated heterocycles. The van der Waals surface area contributed by atoms with Crippen LogP contribution in [0.4, 0.5) is 0 Å². The summed E-state index contributed by atoms with van der Waals surface area (Å²) in [5.74, 6) is 0.0573. The van der Waals surface area contributed by atoms with Crippen molar-refractivity contribution in [1.29, 1.82) is 0 Å². The Kier molecular flexibility index (Phi) is 5.48. The number of hydrogen-bond acceptors (Lipinski definition) is 4. The number of amides is 1. The Morgan fingerprint density at radius 2 is 1.93 bits per heavy atom. The van der Waals surface area contributed by atoms with Crippen LogP contribution >= 0.6 is 11.8 Å². The molecule has 0 fully saturated rings. The fourth-order valence-corrected chi connectivity index (χ4v) is 3.99. The lowest BCUT2D eigenvalue weighted by molar-refractivity contribution is -0.118. The van der Waals surface area contributed by atoms with Gasteiger partial charge in [0.05, 0.1) is 5.75 Å². The molecule has 7 heteroatoms. The lowest BCUT2D eigenvalue weighted by Crippen LogP contribution is -2.26. The van der Waals surface area contributed by atoms with Crippen molar-refractivity contribution in [1.82, 2.24) is 19.9 Å². The first-order valence-electron chi connectivity index (χ1n) is 9.23. The zero-order valence-corrected chi connectivity index (χ0v) is 16.5. The van der Waals surface area contributed by atoms with Crippen LogP contribution < -0.4 is 10.9 Å². The number of hydrogen-bond donors (Lipinski definition) is 2. The summed E-state index contributed by atoms with van der Waals surface area (Å²) in [6.45, 7) is 4.52. The summed E-state index contributed by atoms with van der Waals surface area (Å²) >= 11 is 1.25. The monoisotopic (exact) mass is 404 g/mol. The molecule has 2 N–H and O–H groups in total. The van der Waals surface area contributed by atoms with Crippen LogP contribution in [-0.2, 0) is 17.9 Å². The smallest absolute Gasteiger partial charge is 0.278 e. The van der Waals surface area contributed by atoms with Gasteiger partial charge in [-0.15, -0.1) is 6.58 Å². The minimum Gasteiger partial charge on any atom is -0.351 e. The zero-order chi connectivity index (χ0) is 20.2. The highest BCUT2D eigenvalue weighted by Crippen LogP contribution is 2.24. The van der Waals surface area contributed by atoms with Crippen molar-refractivity contribution in [3.05, 3.63) is 83.2 Å². The molecule has 0 atom stereocenters. The van der Waals surface area contributed by atoms with E-state index in [1.807, 2.05) is 54.6 Å². The zero-order valence-electron chi connectivity index (χ0n) is 15.7. The maximum Gasteiger partial charge on any atom is 0.278 e. The van der Waals surface area contributed by atoms with Crippen LogP contribution in [0.2, 0.25) is 0 Å². The van der Waals surface area contributed by atoms with Crippen molar-refractivity contribution < 1.29 is 4.79 Å². The first-order chi connectivity index (χ1) is 14.2. The van der Waals surface area contributed by atoms with Crippen LogP contribution in [0.25, 0.3) is 21.9 Å². The number of aromatic nitrogens is 3. The summed E-state index contributed by atoms with van der Waals surface area (Å²) in [4.78, 5) is 33.1. The largest absolute Gasteiger partial charge is 0.351 e. The number of carbonyl (C=O) groups excluding carboxylic acids is 1. The average Bonchev–Trinajstić information content (AvgIpc) is 3.13. The number of aromatic amines is 1. The highest BCUT2D eigenvalue weighted by Gasteiger charge is 2.16. The molecule has 2 aromatic heterocycles. The van der Waals surface area contributed by atoms with Gasteiger partial charge in [-0.2, -0.15) is 0 Å². The predicted molar refractivity (Wildman–Crippen MR) is 117 cm³/mol. The third-order valence-corrected chi connectivity index (χ3v) is 5.53. The summed E-state index contributed by atoms with van der Waals surface area (Å²) in [5.41, 5.74) is 2.81. The van der Waals surface area contributed by atoms with E-state index in [1.165, 1.54) is 11.8 Å². The number of thioether (sulfide) groups is 1. The number of allylic oxidation sites excluding steroid dienone is 1. The maximum absolute atomic E-state index is 13.0. The molecule has 0 radical (unpaired) electrons. The molecule has 0 aliphatic carbocycles. The van der Waals surface area contributed by atoms with E-state index in [4.69, 9.17) is 4.98 Å². The molecular formula is C22H20N4O2S. The van der Waals surface area contributed by atoms with E-state index >= 15 is 0 Å². The molecule has 2 heterocycles. The molecule has 29 heavy (non-hydrogen) atoms. The van der Waals surface area contributed by atoms with Crippen LogP contribution in [-0.4, -0.2) is 26.2 Å². The number of benzene rings is 2. The van der Waals surface area contributed by atoms with E-state index in [1.54, 1.807) is 10.6 Å². The van der Waals surface area contributed by atoms with Gasteiger partial charge < -0.3 is 10.3 Å². The van der Waals surface area contributed by atoms with Crippen LogP contribution in [0.1, 0.15) is 5.56 Å². The Morgan fingerprint density at radius 3 is 2.72 bits per heavy atom. The molecule has 0 spiro atoms. The van der Waals surface area contributed by atoms with Gasteiger partial charge in [0.2, 0.25) is 5.91 Å². The summed E-state index contributed by atoms with van der Waals surface area (Å²) in [5, 5.41) is 4.29. The van der Waals surface area contributed by atoms with Crippen molar-refractivity contribution in [2.24, 2.45) is 0 Å². The Labute approximate surface area is 171 Å². The van der Waals surface area contributed by atoms with Crippen LogP contribution in [0.3, 0.4) is 0 Å². The van der Waals surface area contributed by atoms with Crippen LogP contribution in [0.15, 0.2) is 77.2 Å². The molecule has 4 aromatic rings. The molecule has 0 aliphatic rings. The second-order valence-electron chi connectivity index (χ2n) is 6.54. The van der Waals surface area contributed by atoms with Gasteiger partial charge in [-0.25, -0.2) is 4.98 Å². The number of fused-ring (bicyclic) bond motifs is 3. The summed E-state index contributed by atoms with van der Waals surface area (Å²) < 4.78 is 1.54. The topological polar surface area (TPSA) is 79.8 Å². The van der Waals surface area contributed by atoms with Gasteiger partial charge in [-0.3, -0.25) is 14.2 Å². The number of para-hydroxylation sites is 1. The van der Waals surface area contributed by atoms with E-state index in [0.29, 0.717) is 29.3 Å². The van der Waals surface area contributed by atoms with E-state index < -0.39 is 0 Å². The fourth-order valence-electron chi connectivity index (χ4n) is 3.15. The third kappa shape index (κ3) is 3.95. The standard InChI is InChI=1S/C22H20N4O2S/c1-2-12-26-21(28)20-19(16-10-6-7-11-17(16)24-20)25-22(26)29-14-18(27)23-13-15-8-4-3-5-9-15/h2-11,24H,1,12-14H2,(H,23,27). The lowest BCUT2D eigenvalue weighted by atomic mass is 10.2. The number of H-pyrrole nitrogens is 1. The molecule has 0 saturated carbocycles. The number of nitrogens with zero attached hydrogens (tertiary/aromatic N) is 2. The Hall–Kier alpha value is -3.32. The molecule has 146 valence electrons. The van der Waals surface area contributed by atoms with Gasteiger partial charge in [0, 0.05) is 24.0 Å². The second kappa shape index (κ2) is 8.36. The molecule has 0 unspecified atom stereocenters. The molecule has 0 bridgehead atoms. The highest BCUT2D eigenvalue weighted by atomic mass is 32.2. The van der Waals surface area contributed by atoms with Gasteiger partial charge in [-0.1, -0.05) is 66.4 Å². The van der Waals surface area contributed by atoms with Crippen molar-refractivity contribution in [2.75, 3.05) is 5.75 Å². The Balaban J connectivity index is 1.59. The third-order valence-electron chi connectivity index (χ3n) is 4.55. The van der Waals surface area contributed by atoms with E-state index in [2.05, 4.69) is 16.9 Å². The fraction of sp³-hybridized carbons (Fsp3) is 0.136. The van der Waals surface area contributed by atoms with Gasteiger partial charge in [0.25, 0.3) is 5.56 Å². The first-order valence-corrected chi connectivity index (χ1v) is 10.2. The van der Waals surface area contributed by atoms with E-state index in [9.17, 15) is 9.59 Å². The second-order valence-corrected chi connectivity index (χ2v) is 7.49. The number of rotatable bonds is 7.